The number of carboxylic acids is 1. The number of nitrogen functional groups attached to an aromatic ring is 1. The molecule has 0 amide bonds. The second kappa shape index (κ2) is 4.75. The molecule has 2 aromatic rings. The summed E-state index contributed by atoms with van der Waals surface area (Å²) < 4.78 is 5.02. The van der Waals surface area contributed by atoms with Crippen LogP contribution >= 0.6 is 0 Å². The number of methoxy groups -OCH3 is 1. The lowest BCUT2D eigenvalue weighted by Crippen LogP contribution is -1.98. The van der Waals surface area contributed by atoms with Crippen LogP contribution in [-0.2, 0) is 0 Å². The predicted octanol–water partition coefficient (Wildman–Crippen LogP) is 2.04. The van der Waals surface area contributed by atoms with Gasteiger partial charge in [0.25, 0.3) is 0 Å². The monoisotopic (exact) mass is 244 g/mol. The number of anilines is 1. The number of aromatic nitrogens is 1. The summed E-state index contributed by atoms with van der Waals surface area (Å²) in [7, 11) is 1.51. The van der Waals surface area contributed by atoms with Gasteiger partial charge in [-0.05, 0) is 24.3 Å². The average molecular weight is 244 g/mol. The van der Waals surface area contributed by atoms with Crippen molar-refractivity contribution < 1.29 is 14.6 Å². The van der Waals surface area contributed by atoms with Crippen molar-refractivity contribution in [3.05, 3.63) is 42.0 Å². The highest BCUT2D eigenvalue weighted by Gasteiger charge is 2.07. The molecular weight excluding hydrogens is 232 g/mol. The summed E-state index contributed by atoms with van der Waals surface area (Å²) >= 11 is 0. The third-order valence-electron chi connectivity index (χ3n) is 2.51. The van der Waals surface area contributed by atoms with Crippen molar-refractivity contribution in [2.75, 3.05) is 12.8 Å². The minimum absolute atomic E-state index is 0.212. The van der Waals surface area contributed by atoms with Crippen LogP contribution in [0.3, 0.4) is 0 Å². The van der Waals surface area contributed by atoms with Crippen LogP contribution < -0.4 is 10.5 Å². The Hall–Kier alpha value is -2.56. The Morgan fingerprint density at radius 3 is 2.72 bits per heavy atom. The maximum Gasteiger partial charge on any atom is 0.335 e. The number of ether oxygens (including phenoxy) is 1. The molecule has 3 N–H and O–H groups in total. The molecule has 5 heteroatoms. The molecule has 1 aromatic carbocycles. The minimum atomic E-state index is -0.974. The molecule has 0 aliphatic rings. The summed E-state index contributed by atoms with van der Waals surface area (Å²) in [5, 5.41) is 8.93. The topological polar surface area (TPSA) is 85.4 Å². The number of aromatic carboxylic acids is 1. The van der Waals surface area contributed by atoms with Crippen molar-refractivity contribution in [3.8, 4) is 17.0 Å². The number of nitrogens with two attached hydrogens (primary N) is 1. The molecule has 0 saturated heterocycles. The van der Waals surface area contributed by atoms with Crippen molar-refractivity contribution in [1.29, 1.82) is 0 Å². The zero-order valence-corrected chi connectivity index (χ0v) is 9.75. The van der Waals surface area contributed by atoms with Crippen molar-refractivity contribution in [2.24, 2.45) is 0 Å². The van der Waals surface area contributed by atoms with Crippen LogP contribution in [0.2, 0.25) is 0 Å². The molecule has 92 valence electrons. The highest BCUT2D eigenvalue weighted by Crippen LogP contribution is 2.25. The highest BCUT2D eigenvalue weighted by atomic mass is 16.5. The molecule has 1 heterocycles. The van der Waals surface area contributed by atoms with E-state index in [0.29, 0.717) is 17.0 Å². The standard InChI is InChI=1S/C13H12N2O3/c1-18-11-6-5-10(15-12(11)14)8-3-2-4-9(7-8)13(16)17/h2-7H,1H3,(H2,14,15)(H,16,17). The minimum Gasteiger partial charge on any atom is -0.493 e. The van der Waals surface area contributed by atoms with E-state index < -0.39 is 5.97 Å². The van der Waals surface area contributed by atoms with E-state index in [9.17, 15) is 4.79 Å². The number of rotatable bonds is 3. The summed E-state index contributed by atoms with van der Waals surface area (Å²) in [6.45, 7) is 0. The Kier molecular flexibility index (Phi) is 3.14. The van der Waals surface area contributed by atoms with Gasteiger partial charge in [0.2, 0.25) is 0 Å². The molecule has 0 unspecified atom stereocenters. The van der Waals surface area contributed by atoms with Gasteiger partial charge in [-0.15, -0.1) is 0 Å². The Bertz CT molecular complexity index is 597. The maximum absolute atomic E-state index is 10.9. The largest absolute Gasteiger partial charge is 0.493 e. The molecule has 0 atom stereocenters. The lowest BCUT2D eigenvalue weighted by Gasteiger charge is -2.06. The van der Waals surface area contributed by atoms with E-state index >= 15 is 0 Å². The lowest BCUT2D eigenvalue weighted by atomic mass is 10.1. The van der Waals surface area contributed by atoms with E-state index in [1.54, 1.807) is 30.3 Å². The van der Waals surface area contributed by atoms with E-state index in [-0.39, 0.29) is 11.4 Å². The van der Waals surface area contributed by atoms with Crippen LogP contribution in [0.15, 0.2) is 36.4 Å². The van der Waals surface area contributed by atoms with Gasteiger partial charge in [-0.3, -0.25) is 0 Å². The normalized spacial score (nSPS) is 10.1. The molecule has 0 aliphatic carbocycles. The van der Waals surface area contributed by atoms with Gasteiger partial charge in [-0.2, -0.15) is 0 Å². The van der Waals surface area contributed by atoms with E-state index in [1.165, 1.54) is 13.2 Å². The molecule has 0 spiro atoms. The van der Waals surface area contributed by atoms with Gasteiger partial charge in [0.1, 0.15) is 0 Å². The zero-order valence-electron chi connectivity index (χ0n) is 9.75. The van der Waals surface area contributed by atoms with E-state index in [0.717, 1.165) is 0 Å². The van der Waals surface area contributed by atoms with Gasteiger partial charge in [0.15, 0.2) is 11.6 Å². The first-order valence-corrected chi connectivity index (χ1v) is 5.26. The smallest absolute Gasteiger partial charge is 0.335 e. The van der Waals surface area contributed by atoms with Crippen LogP contribution in [0.25, 0.3) is 11.3 Å². The number of carboxylic acid groups (broad SMARTS) is 1. The fourth-order valence-corrected chi connectivity index (χ4v) is 1.61. The number of carbonyl (C=O) groups is 1. The van der Waals surface area contributed by atoms with E-state index in [1.807, 2.05) is 0 Å². The molecule has 1 aromatic heterocycles. The summed E-state index contributed by atoms with van der Waals surface area (Å²) in [4.78, 5) is 15.1. The second-order valence-electron chi connectivity index (χ2n) is 3.67. The summed E-state index contributed by atoms with van der Waals surface area (Å²) in [6.07, 6.45) is 0. The van der Waals surface area contributed by atoms with Gasteiger partial charge in [-0.1, -0.05) is 12.1 Å². The van der Waals surface area contributed by atoms with Gasteiger partial charge in [-0.25, -0.2) is 9.78 Å². The van der Waals surface area contributed by atoms with Crippen LogP contribution in [0.5, 0.6) is 5.75 Å². The van der Waals surface area contributed by atoms with Crippen LogP contribution in [0.4, 0.5) is 5.82 Å². The molecule has 0 bridgehead atoms. The maximum atomic E-state index is 10.9. The Balaban J connectivity index is 2.45. The summed E-state index contributed by atoms with van der Waals surface area (Å²) in [5.74, 6) is -0.206. The second-order valence-corrected chi connectivity index (χ2v) is 3.67. The van der Waals surface area contributed by atoms with Crippen molar-refractivity contribution in [3.63, 3.8) is 0 Å². The molecule has 2 rings (SSSR count). The van der Waals surface area contributed by atoms with Crippen molar-refractivity contribution in [2.45, 2.75) is 0 Å². The Morgan fingerprint density at radius 1 is 1.33 bits per heavy atom. The summed E-state index contributed by atoms with van der Waals surface area (Å²) in [5.41, 5.74) is 7.23. The van der Waals surface area contributed by atoms with E-state index in [2.05, 4.69) is 4.98 Å². The van der Waals surface area contributed by atoms with Crippen LogP contribution in [0, 0.1) is 0 Å². The van der Waals surface area contributed by atoms with Gasteiger partial charge in [0, 0.05) is 5.56 Å². The fourth-order valence-electron chi connectivity index (χ4n) is 1.61. The van der Waals surface area contributed by atoms with Gasteiger partial charge < -0.3 is 15.6 Å². The highest BCUT2D eigenvalue weighted by molar-refractivity contribution is 5.89. The van der Waals surface area contributed by atoms with E-state index in [4.69, 9.17) is 15.6 Å². The lowest BCUT2D eigenvalue weighted by molar-refractivity contribution is 0.0697. The average Bonchev–Trinajstić information content (AvgIpc) is 2.38. The third-order valence-corrected chi connectivity index (χ3v) is 2.51. The first-order valence-electron chi connectivity index (χ1n) is 5.26. The molecular formula is C13H12N2O3. The Morgan fingerprint density at radius 2 is 2.11 bits per heavy atom. The number of hydrogen-bond acceptors (Lipinski definition) is 4. The number of pyridine rings is 1. The fraction of sp³-hybridized carbons (Fsp3) is 0.0769. The number of hydrogen-bond donors (Lipinski definition) is 2. The number of benzene rings is 1. The quantitative estimate of drug-likeness (QED) is 0.862. The zero-order chi connectivity index (χ0) is 13.1. The Labute approximate surface area is 104 Å². The van der Waals surface area contributed by atoms with Crippen molar-refractivity contribution in [1.82, 2.24) is 4.98 Å². The molecule has 0 aliphatic heterocycles. The molecule has 0 saturated carbocycles. The molecule has 0 radical (unpaired) electrons. The first-order chi connectivity index (χ1) is 8.61. The first kappa shape index (κ1) is 11.9. The van der Waals surface area contributed by atoms with Gasteiger partial charge in [0.05, 0.1) is 18.4 Å². The molecule has 18 heavy (non-hydrogen) atoms. The summed E-state index contributed by atoms with van der Waals surface area (Å²) in [6, 6.07) is 9.96. The van der Waals surface area contributed by atoms with Crippen molar-refractivity contribution >= 4 is 11.8 Å². The van der Waals surface area contributed by atoms with Crippen LogP contribution in [-0.4, -0.2) is 23.2 Å². The molecule has 0 fully saturated rings. The predicted molar refractivity (Wildman–Crippen MR) is 67.6 cm³/mol. The number of nitrogens with zero attached hydrogens (tertiary/aromatic N) is 1. The SMILES string of the molecule is COc1ccc(-c2cccc(C(=O)O)c2)nc1N. The van der Waals surface area contributed by atoms with Gasteiger partial charge >= 0.3 is 5.97 Å². The third kappa shape index (κ3) is 2.24. The van der Waals surface area contributed by atoms with Crippen LogP contribution in [0.1, 0.15) is 10.4 Å². The molecule has 5 nitrogen and oxygen atoms in total.